The van der Waals surface area contributed by atoms with E-state index < -0.39 is 0 Å². The fourth-order valence-electron chi connectivity index (χ4n) is 0.703. The average Bonchev–Trinajstić information content (AvgIpc) is 2.13. The van der Waals surface area contributed by atoms with E-state index in [-0.39, 0.29) is 0 Å². The van der Waals surface area contributed by atoms with Crippen LogP contribution in [0.5, 0.6) is 0 Å². The highest BCUT2D eigenvalue weighted by molar-refractivity contribution is 5.79. The van der Waals surface area contributed by atoms with Crippen LogP contribution in [0.15, 0.2) is 36.0 Å². The highest BCUT2D eigenvalue weighted by Gasteiger charge is 1.85. The lowest BCUT2D eigenvalue weighted by atomic mass is 10.2. The maximum Gasteiger partial charge on any atom is 0.0247 e. The predicted octanol–water partition coefficient (Wildman–Crippen LogP) is 2.08. The van der Waals surface area contributed by atoms with E-state index in [4.69, 9.17) is 5.41 Å². The molecule has 0 fully saturated rings. The van der Waals surface area contributed by atoms with Crippen molar-refractivity contribution in [3.8, 4) is 0 Å². The third kappa shape index (κ3) is 1.68. The second-order valence-electron chi connectivity index (χ2n) is 1.87. The fourth-order valence-corrected chi connectivity index (χ4v) is 0.703. The first-order chi connectivity index (χ1) is 4.43. The molecule has 1 heteroatoms. The summed E-state index contributed by atoms with van der Waals surface area (Å²) in [5, 5.41) is 6.92. The molecule has 0 aromatic rings. The lowest BCUT2D eigenvalue weighted by molar-refractivity contribution is 1.39. The van der Waals surface area contributed by atoms with Crippen molar-refractivity contribution in [2.45, 2.75) is 6.42 Å². The van der Waals surface area contributed by atoms with Crippen molar-refractivity contribution in [1.29, 1.82) is 5.41 Å². The minimum atomic E-state index is 0.942. The van der Waals surface area contributed by atoms with E-state index in [2.05, 4.69) is 6.08 Å². The van der Waals surface area contributed by atoms with Crippen LogP contribution in [0.2, 0.25) is 0 Å². The van der Waals surface area contributed by atoms with Crippen molar-refractivity contribution in [3.05, 3.63) is 36.0 Å². The molecule has 0 unspecified atom stereocenters. The molecule has 1 aliphatic carbocycles. The third-order valence-electron chi connectivity index (χ3n) is 1.19. The van der Waals surface area contributed by atoms with Gasteiger partial charge in [0.05, 0.1) is 0 Å². The highest BCUT2D eigenvalue weighted by atomic mass is 14.3. The van der Waals surface area contributed by atoms with Crippen LogP contribution in [-0.4, -0.2) is 6.21 Å². The van der Waals surface area contributed by atoms with Gasteiger partial charge in [-0.15, -0.1) is 0 Å². The van der Waals surface area contributed by atoms with Gasteiger partial charge in [-0.3, -0.25) is 0 Å². The number of hydrogen-bond acceptors (Lipinski definition) is 1. The molecule has 0 spiro atoms. The number of nitrogens with one attached hydrogen (secondary N) is 1. The van der Waals surface area contributed by atoms with E-state index >= 15 is 0 Å². The molecular weight excluding hydrogens is 110 g/mol. The van der Waals surface area contributed by atoms with Gasteiger partial charge in [0.1, 0.15) is 0 Å². The number of allylic oxidation sites excluding steroid dienone is 6. The lowest BCUT2D eigenvalue weighted by Gasteiger charge is -1.84. The zero-order chi connectivity index (χ0) is 6.53. The summed E-state index contributed by atoms with van der Waals surface area (Å²) in [4.78, 5) is 0. The quantitative estimate of drug-likeness (QED) is 0.511. The van der Waals surface area contributed by atoms with E-state index in [9.17, 15) is 0 Å². The third-order valence-corrected chi connectivity index (χ3v) is 1.19. The van der Waals surface area contributed by atoms with Gasteiger partial charge >= 0.3 is 0 Å². The highest BCUT2D eigenvalue weighted by Crippen LogP contribution is 2.00. The maximum atomic E-state index is 6.92. The second-order valence-corrected chi connectivity index (χ2v) is 1.87. The zero-order valence-electron chi connectivity index (χ0n) is 5.17. The molecular formula is C8H9N. The van der Waals surface area contributed by atoms with Crippen LogP contribution in [-0.2, 0) is 0 Å². The summed E-state index contributed by atoms with van der Waals surface area (Å²) in [6.45, 7) is 0. The molecule has 0 aliphatic heterocycles. The fraction of sp³-hybridized carbons (Fsp3) is 0.125. The summed E-state index contributed by atoms with van der Waals surface area (Å²) in [5.41, 5.74) is 0.986. The smallest absolute Gasteiger partial charge is 0.0247 e. The van der Waals surface area contributed by atoms with Crippen LogP contribution in [0.4, 0.5) is 0 Å². The van der Waals surface area contributed by atoms with Crippen molar-refractivity contribution in [1.82, 2.24) is 0 Å². The summed E-state index contributed by atoms with van der Waals surface area (Å²) >= 11 is 0. The van der Waals surface area contributed by atoms with Crippen LogP contribution in [0.25, 0.3) is 0 Å². The minimum Gasteiger partial charge on any atom is -0.308 e. The summed E-state index contributed by atoms with van der Waals surface area (Å²) in [7, 11) is 0. The monoisotopic (exact) mass is 119 g/mol. The van der Waals surface area contributed by atoms with Crippen molar-refractivity contribution in [3.63, 3.8) is 0 Å². The van der Waals surface area contributed by atoms with Crippen molar-refractivity contribution in [2.24, 2.45) is 0 Å². The first-order valence-electron chi connectivity index (χ1n) is 2.97. The molecule has 1 N–H and O–H groups in total. The maximum absolute atomic E-state index is 6.92. The Kier molecular flexibility index (Phi) is 2.02. The van der Waals surface area contributed by atoms with E-state index in [0.717, 1.165) is 12.0 Å². The Labute approximate surface area is 54.9 Å². The SMILES string of the molecule is N=CC1=CCC=CC=C1. The van der Waals surface area contributed by atoms with Crippen LogP contribution >= 0.6 is 0 Å². The summed E-state index contributed by atoms with van der Waals surface area (Å²) in [6.07, 6.45) is 12.3. The van der Waals surface area contributed by atoms with Crippen LogP contribution in [0.3, 0.4) is 0 Å². The van der Waals surface area contributed by atoms with Gasteiger partial charge in [0.15, 0.2) is 0 Å². The van der Waals surface area contributed by atoms with Crippen molar-refractivity contribution < 1.29 is 0 Å². The molecule has 9 heavy (non-hydrogen) atoms. The Hall–Kier alpha value is -1.11. The first-order valence-corrected chi connectivity index (χ1v) is 2.97. The molecule has 0 saturated carbocycles. The molecule has 0 atom stereocenters. The molecule has 1 nitrogen and oxygen atoms in total. The van der Waals surface area contributed by atoms with Crippen LogP contribution < -0.4 is 0 Å². The molecule has 1 aliphatic rings. The van der Waals surface area contributed by atoms with E-state index in [0.29, 0.717) is 0 Å². The van der Waals surface area contributed by atoms with Crippen LogP contribution in [0.1, 0.15) is 6.42 Å². The Morgan fingerprint density at radius 3 is 3.11 bits per heavy atom. The predicted molar refractivity (Wildman–Crippen MR) is 39.8 cm³/mol. The van der Waals surface area contributed by atoms with Crippen molar-refractivity contribution in [2.75, 3.05) is 0 Å². The molecule has 0 bridgehead atoms. The lowest BCUT2D eigenvalue weighted by Crippen LogP contribution is -1.74. The molecule has 0 aromatic heterocycles. The molecule has 0 radical (unpaired) electrons. The first kappa shape index (κ1) is 6.02. The number of hydrogen-bond donors (Lipinski definition) is 1. The average molecular weight is 119 g/mol. The van der Waals surface area contributed by atoms with Crippen LogP contribution in [0, 0.1) is 5.41 Å². The van der Waals surface area contributed by atoms with Gasteiger partial charge in [0.25, 0.3) is 0 Å². The standard InChI is InChI=1S/C8H9N/c9-7-8-5-3-1-2-4-6-8/h1-3,5-7,9H,4H2. The summed E-state index contributed by atoms with van der Waals surface area (Å²) in [6, 6.07) is 0. The zero-order valence-corrected chi connectivity index (χ0v) is 5.17. The Morgan fingerprint density at radius 1 is 1.44 bits per heavy atom. The van der Waals surface area contributed by atoms with E-state index in [1.165, 1.54) is 6.21 Å². The molecule has 0 aromatic carbocycles. The van der Waals surface area contributed by atoms with E-state index in [1.54, 1.807) is 0 Å². The number of rotatable bonds is 1. The topological polar surface area (TPSA) is 23.9 Å². The summed E-state index contributed by atoms with van der Waals surface area (Å²) < 4.78 is 0. The van der Waals surface area contributed by atoms with Crippen molar-refractivity contribution >= 4 is 6.21 Å². The Morgan fingerprint density at radius 2 is 2.33 bits per heavy atom. The molecule has 46 valence electrons. The van der Waals surface area contributed by atoms with Gasteiger partial charge < -0.3 is 5.41 Å². The van der Waals surface area contributed by atoms with Gasteiger partial charge in [0, 0.05) is 6.21 Å². The van der Waals surface area contributed by atoms with Gasteiger partial charge in [-0.05, 0) is 12.0 Å². The minimum absolute atomic E-state index is 0.942. The second kappa shape index (κ2) is 3.02. The van der Waals surface area contributed by atoms with E-state index in [1.807, 2.05) is 24.3 Å². The Balaban J connectivity index is 2.74. The van der Waals surface area contributed by atoms with Gasteiger partial charge in [-0.25, -0.2) is 0 Å². The normalized spacial score (nSPS) is 16.7. The molecule has 0 saturated heterocycles. The molecule has 1 rings (SSSR count). The largest absolute Gasteiger partial charge is 0.308 e. The van der Waals surface area contributed by atoms with Gasteiger partial charge in [-0.2, -0.15) is 0 Å². The van der Waals surface area contributed by atoms with Gasteiger partial charge in [-0.1, -0.05) is 30.4 Å². The summed E-state index contributed by atoms with van der Waals surface area (Å²) in [5.74, 6) is 0. The molecule has 0 heterocycles. The Bertz CT molecular complexity index is 185. The van der Waals surface area contributed by atoms with Gasteiger partial charge in [0.2, 0.25) is 0 Å². The molecule has 0 amide bonds.